The lowest BCUT2D eigenvalue weighted by Crippen LogP contribution is -2.09. The monoisotopic (exact) mass is 246 g/mol. The van der Waals surface area contributed by atoms with Gasteiger partial charge in [0.05, 0.1) is 0 Å². The minimum atomic E-state index is 0.610. The topological polar surface area (TPSA) is 0 Å². The summed E-state index contributed by atoms with van der Waals surface area (Å²) in [6.07, 6.45) is 0. The minimum Gasteiger partial charge on any atom is -0.0587 e. The lowest BCUT2D eigenvalue weighted by Gasteiger charge is -2.27. The van der Waals surface area contributed by atoms with Gasteiger partial charge in [-0.1, -0.05) is 67.5 Å². The van der Waals surface area contributed by atoms with Crippen LogP contribution in [0, 0.1) is 0 Å². The van der Waals surface area contributed by atoms with E-state index in [1.807, 2.05) is 0 Å². The van der Waals surface area contributed by atoms with Gasteiger partial charge in [0.2, 0.25) is 0 Å². The molecule has 1 rings (SSSR count). The molecular weight excluding hydrogens is 216 g/mol. The second kappa shape index (κ2) is 5.91. The Kier molecular flexibility index (Phi) is 5.01. The molecule has 0 unspecified atom stereocenters. The van der Waals surface area contributed by atoms with E-state index in [1.54, 1.807) is 11.1 Å². The van der Waals surface area contributed by atoms with Gasteiger partial charge in [0.1, 0.15) is 0 Å². The van der Waals surface area contributed by atoms with Gasteiger partial charge in [0.15, 0.2) is 0 Å². The third-order valence-electron chi connectivity index (χ3n) is 3.75. The SMILES string of the molecule is CC(C)c1ccc(C(C)C)c(C(C)C)c1C(C)C. The molecule has 0 nitrogen and oxygen atoms in total. The largest absolute Gasteiger partial charge is 0.0587 e. The van der Waals surface area contributed by atoms with Crippen molar-refractivity contribution in [2.75, 3.05) is 0 Å². The number of hydrogen-bond acceptors (Lipinski definition) is 0. The van der Waals surface area contributed by atoms with Crippen LogP contribution in [0.3, 0.4) is 0 Å². The third-order valence-corrected chi connectivity index (χ3v) is 3.75. The molecule has 0 fully saturated rings. The summed E-state index contributed by atoms with van der Waals surface area (Å²) >= 11 is 0. The summed E-state index contributed by atoms with van der Waals surface area (Å²) in [4.78, 5) is 0. The van der Waals surface area contributed by atoms with E-state index in [9.17, 15) is 0 Å². The molecule has 0 saturated heterocycles. The molecule has 0 heterocycles. The lowest BCUT2D eigenvalue weighted by molar-refractivity contribution is 0.721. The van der Waals surface area contributed by atoms with Crippen LogP contribution in [0.5, 0.6) is 0 Å². The summed E-state index contributed by atoms with van der Waals surface area (Å²) in [5.41, 5.74) is 6.29. The molecule has 0 N–H and O–H groups in total. The summed E-state index contributed by atoms with van der Waals surface area (Å²) in [7, 11) is 0. The quantitative estimate of drug-likeness (QED) is 0.595. The smallest absolute Gasteiger partial charge is 0.0213 e. The average Bonchev–Trinajstić information content (AvgIpc) is 2.26. The highest BCUT2D eigenvalue weighted by Crippen LogP contribution is 2.37. The number of rotatable bonds is 4. The maximum atomic E-state index is 2.36. The molecular formula is C18H30. The molecule has 0 aliphatic carbocycles. The second-order valence-electron chi connectivity index (χ2n) is 6.69. The average molecular weight is 246 g/mol. The lowest BCUT2D eigenvalue weighted by atomic mass is 9.78. The molecule has 0 aliphatic rings. The number of benzene rings is 1. The molecule has 18 heavy (non-hydrogen) atoms. The van der Waals surface area contributed by atoms with Crippen LogP contribution in [0.1, 0.15) is 101 Å². The Hall–Kier alpha value is -0.780. The molecule has 0 atom stereocenters. The van der Waals surface area contributed by atoms with Crippen molar-refractivity contribution in [1.29, 1.82) is 0 Å². The van der Waals surface area contributed by atoms with Gasteiger partial charge >= 0.3 is 0 Å². The summed E-state index contributed by atoms with van der Waals surface area (Å²) in [5, 5.41) is 0. The Morgan fingerprint density at radius 2 is 0.778 bits per heavy atom. The van der Waals surface area contributed by atoms with Crippen LogP contribution in [0.25, 0.3) is 0 Å². The zero-order valence-electron chi connectivity index (χ0n) is 13.5. The van der Waals surface area contributed by atoms with Gasteiger partial charge in [-0.15, -0.1) is 0 Å². The van der Waals surface area contributed by atoms with E-state index < -0.39 is 0 Å². The zero-order valence-corrected chi connectivity index (χ0v) is 13.5. The van der Waals surface area contributed by atoms with E-state index in [2.05, 4.69) is 67.5 Å². The number of hydrogen-bond donors (Lipinski definition) is 0. The van der Waals surface area contributed by atoms with Crippen LogP contribution in [0.4, 0.5) is 0 Å². The van der Waals surface area contributed by atoms with Crippen LogP contribution < -0.4 is 0 Å². The predicted molar refractivity (Wildman–Crippen MR) is 82.8 cm³/mol. The van der Waals surface area contributed by atoms with Gasteiger partial charge in [-0.25, -0.2) is 0 Å². The van der Waals surface area contributed by atoms with Gasteiger partial charge in [-0.05, 0) is 45.9 Å². The standard InChI is InChI=1S/C18H30/c1-11(2)15-9-10-16(12(3)4)18(14(7)8)17(15)13(5)6/h9-14H,1-8H3. The van der Waals surface area contributed by atoms with Crippen molar-refractivity contribution in [2.45, 2.75) is 79.1 Å². The fraction of sp³-hybridized carbons (Fsp3) is 0.667. The summed E-state index contributed by atoms with van der Waals surface area (Å²) in [6.45, 7) is 18.5. The first-order valence-electron chi connectivity index (χ1n) is 7.43. The van der Waals surface area contributed by atoms with Crippen LogP contribution in [0.15, 0.2) is 12.1 Å². The molecule has 0 aromatic heterocycles. The van der Waals surface area contributed by atoms with E-state index in [-0.39, 0.29) is 0 Å². The molecule has 0 heteroatoms. The Balaban J connectivity index is 3.60. The Labute approximate surface area is 114 Å². The highest BCUT2D eigenvalue weighted by atomic mass is 14.3. The molecule has 102 valence electrons. The normalized spacial score (nSPS) is 12.2. The van der Waals surface area contributed by atoms with Gasteiger partial charge in [0.25, 0.3) is 0 Å². The van der Waals surface area contributed by atoms with Gasteiger partial charge in [-0.2, -0.15) is 0 Å². The maximum absolute atomic E-state index is 2.36. The van der Waals surface area contributed by atoms with Crippen LogP contribution in [-0.2, 0) is 0 Å². The first kappa shape index (κ1) is 15.3. The zero-order chi connectivity index (χ0) is 14.0. The van der Waals surface area contributed by atoms with E-state index in [4.69, 9.17) is 0 Å². The molecule has 1 aromatic carbocycles. The highest BCUT2D eigenvalue weighted by molar-refractivity contribution is 5.47. The molecule has 0 aliphatic heterocycles. The minimum absolute atomic E-state index is 0.610. The van der Waals surface area contributed by atoms with Crippen molar-refractivity contribution >= 4 is 0 Å². The Morgan fingerprint density at radius 3 is 0.944 bits per heavy atom. The third kappa shape index (κ3) is 2.96. The summed E-state index contributed by atoms with van der Waals surface area (Å²) in [5.74, 6) is 2.44. The molecule has 1 aromatic rings. The van der Waals surface area contributed by atoms with Gasteiger partial charge in [0, 0.05) is 0 Å². The molecule has 0 radical (unpaired) electrons. The molecule has 0 spiro atoms. The maximum Gasteiger partial charge on any atom is -0.0213 e. The Morgan fingerprint density at radius 1 is 0.500 bits per heavy atom. The van der Waals surface area contributed by atoms with Crippen molar-refractivity contribution in [2.24, 2.45) is 0 Å². The van der Waals surface area contributed by atoms with E-state index in [0.717, 1.165) is 0 Å². The molecule has 0 bridgehead atoms. The fourth-order valence-corrected chi connectivity index (χ4v) is 2.97. The van der Waals surface area contributed by atoms with Crippen molar-refractivity contribution in [3.05, 3.63) is 34.4 Å². The van der Waals surface area contributed by atoms with Crippen molar-refractivity contribution in [3.8, 4) is 0 Å². The fourth-order valence-electron chi connectivity index (χ4n) is 2.97. The first-order valence-corrected chi connectivity index (χ1v) is 7.43. The van der Waals surface area contributed by atoms with Gasteiger partial charge in [-0.3, -0.25) is 0 Å². The van der Waals surface area contributed by atoms with E-state index in [0.29, 0.717) is 23.7 Å². The summed E-state index contributed by atoms with van der Waals surface area (Å²) in [6, 6.07) is 4.72. The van der Waals surface area contributed by atoms with E-state index in [1.165, 1.54) is 11.1 Å². The summed E-state index contributed by atoms with van der Waals surface area (Å²) < 4.78 is 0. The predicted octanol–water partition coefficient (Wildman–Crippen LogP) is 6.18. The van der Waals surface area contributed by atoms with Crippen LogP contribution in [0.2, 0.25) is 0 Å². The first-order chi connectivity index (χ1) is 8.27. The van der Waals surface area contributed by atoms with Crippen molar-refractivity contribution in [1.82, 2.24) is 0 Å². The second-order valence-corrected chi connectivity index (χ2v) is 6.69. The van der Waals surface area contributed by atoms with Crippen LogP contribution in [-0.4, -0.2) is 0 Å². The van der Waals surface area contributed by atoms with Gasteiger partial charge < -0.3 is 0 Å². The van der Waals surface area contributed by atoms with Crippen molar-refractivity contribution in [3.63, 3.8) is 0 Å². The van der Waals surface area contributed by atoms with Crippen molar-refractivity contribution < 1.29 is 0 Å². The van der Waals surface area contributed by atoms with E-state index >= 15 is 0 Å². The molecule has 0 saturated carbocycles. The van der Waals surface area contributed by atoms with Crippen LogP contribution >= 0.6 is 0 Å². The highest BCUT2D eigenvalue weighted by Gasteiger charge is 2.20. The Bertz CT molecular complexity index is 356. The molecule has 0 amide bonds.